The maximum absolute atomic E-state index is 5.16. The van der Waals surface area contributed by atoms with E-state index in [0.29, 0.717) is 18.9 Å². The number of hydrogen-bond acceptors (Lipinski definition) is 10. The van der Waals surface area contributed by atoms with Crippen LogP contribution in [-0.2, 0) is 42.3 Å². The molecule has 0 amide bonds. The minimum atomic E-state index is 0. The van der Waals surface area contributed by atoms with E-state index >= 15 is 0 Å². The summed E-state index contributed by atoms with van der Waals surface area (Å²) in [6.07, 6.45) is 0. The summed E-state index contributed by atoms with van der Waals surface area (Å²) < 4.78 is 0.995. The quantitative estimate of drug-likeness (QED) is 0.516. The molecule has 2 rings (SSSR count). The molecule has 0 aliphatic rings. The summed E-state index contributed by atoms with van der Waals surface area (Å²) in [7, 11) is 0. The zero-order chi connectivity index (χ0) is 10.6. The fourth-order valence-electron chi connectivity index (χ4n) is 0.441. The predicted octanol–water partition coefficient (Wildman–Crippen LogP) is 0.0497. The van der Waals surface area contributed by atoms with Gasteiger partial charge in [0.15, 0.2) is 0 Å². The summed E-state index contributed by atoms with van der Waals surface area (Å²) in [4.78, 5) is 0. The van der Waals surface area contributed by atoms with Crippen molar-refractivity contribution in [2.45, 2.75) is 8.68 Å². The van der Waals surface area contributed by atoms with Gasteiger partial charge in [-0.3, -0.25) is 0 Å². The molecule has 0 aliphatic carbocycles. The van der Waals surface area contributed by atoms with Gasteiger partial charge in [-0.05, 0) is 8.68 Å². The third kappa shape index (κ3) is 5.97. The van der Waals surface area contributed by atoms with E-state index in [1.54, 1.807) is 0 Å². The molecule has 15 heavy (non-hydrogen) atoms. The fraction of sp³-hybridized carbons (Fsp3) is 0. The Morgan fingerprint density at radius 3 is 1.20 bits per heavy atom. The summed E-state index contributed by atoms with van der Waals surface area (Å²) in [5.41, 5.74) is 10.3. The fourth-order valence-corrected chi connectivity index (χ4v) is 1.72. The Balaban J connectivity index is 0.000000245. The van der Waals surface area contributed by atoms with Crippen molar-refractivity contribution in [3.05, 3.63) is 0 Å². The second-order valence-corrected chi connectivity index (χ2v) is 5.12. The van der Waals surface area contributed by atoms with Crippen molar-refractivity contribution in [1.29, 1.82) is 0 Å². The molecule has 2 aromatic rings. The molecule has 1 radical (unpaired) electrons. The van der Waals surface area contributed by atoms with E-state index in [0.717, 1.165) is 0 Å². The van der Waals surface area contributed by atoms with Gasteiger partial charge in [0.05, 0.1) is 0 Å². The third-order valence-corrected chi connectivity index (χ3v) is 2.60. The van der Waals surface area contributed by atoms with Crippen LogP contribution in [0.2, 0.25) is 0 Å². The Morgan fingerprint density at radius 2 is 1.13 bits per heavy atom. The normalized spacial score (nSPS) is 8.53. The van der Waals surface area contributed by atoms with E-state index in [1.165, 1.54) is 22.7 Å². The molecule has 0 spiro atoms. The Morgan fingerprint density at radius 1 is 0.800 bits per heavy atom. The first-order chi connectivity index (χ1) is 6.58. The number of anilines is 2. The Kier molecular flexibility index (Phi) is 6.89. The van der Waals surface area contributed by atoms with Crippen LogP contribution in [0.15, 0.2) is 8.68 Å². The Hall–Kier alpha value is -0.321. The molecule has 85 valence electrons. The largest absolute Gasteiger partial charge is 2.00 e. The van der Waals surface area contributed by atoms with Crippen LogP contribution in [0, 0.1) is 0 Å². The van der Waals surface area contributed by atoms with E-state index in [2.05, 4.69) is 45.7 Å². The number of nitrogen functional groups attached to an aromatic ring is 2. The van der Waals surface area contributed by atoms with Crippen LogP contribution in [0.1, 0.15) is 0 Å². The van der Waals surface area contributed by atoms with Crippen LogP contribution in [0.5, 0.6) is 0 Å². The van der Waals surface area contributed by atoms with Crippen molar-refractivity contribution in [3.8, 4) is 0 Å². The average Bonchev–Trinajstić information content (AvgIpc) is 2.63. The van der Waals surface area contributed by atoms with Gasteiger partial charge in [-0.25, -0.2) is 0 Å². The van der Waals surface area contributed by atoms with Gasteiger partial charge in [0.2, 0.25) is 0 Å². The van der Waals surface area contributed by atoms with Crippen molar-refractivity contribution in [3.63, 3.8) is 0 Å². The topological polar surface area (TPSA) is 104 Å². The Bertz CT molecular complexity index is 330. The molecule has 0 fully saturated rings. The van der Waals surface area contributed by atoms with Crippen LogP contribution in [0.4, 0.5) is 10.3 Å². The van der Waals surface area contributed by atoms with E-state index in [-0.39, 0.29) is 17.1 Å². The van der Waals surface area contributed by atoms with Crippen LogP contribution in [-0.4, -0.2) is 20.4 Å². The van der Waals surface area contributed by atoms with Gasteiger partial charge in [0.1, 0.15) is 10.3 Å². The molecule has 0 bridgehead atoms. The zero-order valence-corrected chi connectivity index (χ0v) is 11.1. The molecular weight excluding hydrogens is 324 g/mol. The van der Waals surface area contributed by atoms with E-state index in [4.69, 9.17) is 11.5 Å². The van der Waals surface area contributed by atoms with Gasteiger partial charge >= 0.3 is 17.1 Å². The molecule has 6 nitrogen and oxygen atoms in total. The van der Waals surface area contributed by atoms with Gasteiger partial charge in [0, 0.05) is 0 Å². The molecule has 0 saturated heterocycles. The number of nitrogens with two attached hydrogens (primary N) is 2. The van der Waals surface area contributed by atoms with Crippen LogP contribution in [0.25, 0.3) is 0 Å². The summed E-state index contributed by atoms with van der Waals surface area (Å²) >= 11 is 11.6. The van der Waals surface area contributed by atoms with Crippen LogP contribution in [0.3, 0.4) is 0 Å². The van der Waals surface area contributed by atoms with Crippen molar-refractivity contribution in [2.24, 2.45) is 0 Å². The van der Waals surface area contributed by atoms with Crippen molar-refractivity contribution >= 4 is 58.2 Å². The van der Waals surface area contributed by atoms with E-state index in [1.807, 2.05) is 0 Å². The zero-order valence-electron chi connectivity index (χ0n) is 6.88. The first-order valence-electron chi connectivity index (χ1n) is 3.10. The molecule has 4 N–H and O–H groups in total. The second kappa shape index (κ2) is 7.04. The van der Waals surface area contributed by atoms with Gasteiger partial charge in [-0.15, -0.1) is 10.2 Å². The number of aromatic nitrogens is 4. The minimum absolute atomic E-state index is 0. The maximum Gasteiger partial charge on any atom is 2.00 e. The van der Waals surface area contributed by atoms with Crippen LogP contribution >= 0.6 is 22.7 Å². The monoisotopic (exact) mass is 327 g/mol. The average molecular weight is 328 g/mol. The molecule has 0 aliphatic heterocycles. The van der Waals surface area contributed by atoms with E-state index < -0.39 is 0 Å². The molecular formula is C4H4CuN6S4. The first kappa shape index (κ1) is 14.7. The maximum atomic E-state index is 5.16. The SMILES string of the molecule is Nc1nnc([S-])s1.Nc1nnc([S-])s1.[Cu+2]. The second-order valence-electron chi connectivity index (χ2n) is 1.81. The third-order valence-electron chi connectivity index (χ3n) is 0.844. The molecule has 0 saturated carbocycles. The van der Waals surface area contributed by atoms with Crippen LogP contribution < -0.4 is 11.5 Å². The Labute approximate surface area is 115 Å². The van der Waals surface area contributed by atoms with E-state index in [9.17, 15) is 0 Å². The summed E-state index contributed by atoms with van der Waals surface area (Å²) in [5, 5.41) is 14.7. The smallest absolute Gasteiger partial charge is 0.406 e. The summed E-state index contributed by atoms with van der Waals surface area (Å²) in [6, 6.07) is 0. The molecule has 0 aromatic carbocycles. The number of nitrogens with zero attached hydrogens (tertiary/aromatic N) is 4. The van der Waals surface area contributed by atoms with Gasteiger partial charge < -0.3 is 59.4 Å². The molecule has 2 aromatic heterocycles. The van der Waals surface area contributed by atoms with Crippen molar-refractivity contribution in [2.75, 3.05) is 11.5 Å². The minimum Gasteiger partial charge on any atom is -0.406 e. The molecule has 0 atom stereocenters. The summed E-state index contributed by atoms with van der Waals surface area (Å²) in [6.45, 7) is 0. The number of hydrogen-bond donors (Lipinski definition) is 2. The summed E-state index contributed by atoms with van der Waals surface area (Å²) in [5.74, 6) is 0. The first-order valence-corrected chi connectivity index (χ1v) is 5.55. The molecule has 2 heterocycles. The van der Waals surface area contributed by atoms with Crippen molar-refractivity contribution < 1.29 is 17.1 Å². The van der Waals surface area contributed by atoms with Gasteiger partial charge in [-0.2, -0.15) is 10.2 Å². The molecule has 0 unspecified atom stereocenters. The van der Waals surface area contributed by atoms with Gasteiger partial charge in [-0.1, -0.05) is 0 Å². The predicted molar refractivity (Wildman–Crippen MR) is 59.9 cm³/mol. The van der Waals surface area contributed by atoms with Crippen molar-refractivity contribution in [1.82, 2.24) is 20.4 Å². The standard InChI is InChI=1S/2C2H3N3S2.Cu/c2*3-1-4-5-2(6)7-1;/h2*(H2,3,4)(H,5,6);/q;;+2/p-2. The molecule has 11 heteroatoms. The van der Waals surface area contributed by atoms with Gasteiger partial charge in [0.25, 0.3) is 0 Å². The number of rotatable bonds is 0.